The van der Waals surface area contributed by atoms with Gasteiger partial charge in [-0.15, -0.1) is 0 Å². The first-order chi connectivity index (χ1) is 7.42. The van der Waals surface area contributed by atoms with Crippen molar-refractivity contribution in [3.63, 3.8) is 0 Å². The minimum Gasteiger partial charge on any atom is -0.314 e. The van der Waals surface area contributed by atoms with Crippen LogP contribution in [0.5, 0.6) is 0 Å². The van der Waals surface area contributed by atoms with Gasteiger partial charge in [-0.3, -0.25) is 4.90 Å². The van der Waals surface area contributed by atoms with Crippen molar-refractivity contribution >= 4 is 11.3 Å². The number of piperazine rings is 1. The molecule has 1 aromatic rings. The van der Waals surface area contributed by atoms with Crippen LogP contribution in [0.15, 0.2) is 16.8 Å². The third-order valence-corrected chi connectivity index (χ3v) is 3.78. The summed E-state index contributed by atoms with van der Waals surface area (Å²) in [6.07, 6.45) is 2.56. The Balaban J connectivity index is 2.04. The van der Waals surface area contributed by atoms with E-state index in [-0.39, 0.29) is 0 Å². The average molecular weight is 224 g/mol. The molecule has 1 N–H and O–H groups in total. The van der Waals surface area contributed by atoms with Gasteiger partial charge >= 0.3 is 0 Å². The van der Waals surface area contributed by atoms with Crippen LogP contribution < -0.4 is 5.32 Å². The van der Waals surface area contributed by atoms with E-state index in [1.807, 2.05) is 11.3 Å². The second-order valence-electron chi connectivity index (χ2n) is 4.15. The molecule has 0 spiro atoms. The number of hydrogen-bond acceptors (Lipinski definition) is 3. The van der Waals surface area contributed by atoms with Crippen LogP contribution in [0.1, 0.15) is 31.4 Å². The largest absolute Gasteiger partial charge is 0.314 e. The van der Waals surface area contributed by atoms with Gasteiger partial charge in [-0.05, 0) is 28.8 Å². The lowest BCUT2D eigenvalue weighted by Crippen LogP contribution is -2.45. The van der Waals surface area contributed by atoms with Crippen molar-refractivity contribution < 1.29 is 0 Å². The van der Waals surface area contributed by atoms with Crippen LogP contribution in [-0.2, 0) is 0 Å². The van der Waals surface area contributed by atoms with E-state index in [4.69, 9.17) is 0 Å². The van der Waals surface area contributed by atoms with E-state index in [1.54, 1.807) is 0 Å². The molecule has 1 fully saturated rings. The molecule has 1 aromatic heterocycles. The van der Waals surface area contributed by atoms with Gasteiger partial charge in [-0.25, -0.2) is 0 Å². The first-order valence-corrected chi connectivity index (χ1v) is 6.83. The lowest BCUT2D eigenvalue weighted by molar-refractivity contribution is 0.165. The van der Waals surface area contributed by atoms with Crippen molar-refractivity contribution in [3.05, 3.63) is 22.4 Å². The standard InChI is InChI=1S/C12H20N2S/c1-2-3-12(11-4-9-15-10-11)14-7-5-13-6-8-14/h4,9-10,12-13H,2-3,5-8H2,1H3/t12-/m1/s1. The normalized spacial score (nSPS) is 20.3. The third kappa shape index (κ3) is 2.80. The van der Waals surface area contributed by atoms with Gasteiger partial charge in [0.25, 0.3) is 0 Å². The fourth-order valence-corrected chi connectivity index (χ4v) is 3.00. The molecule has 2 rings (SSSR count). The second kappa shape index (κ2) is 5.64. The summed E-state index contributed by atoms with van der Waals surface area (Å²) < 4.78 is 0. The summed E-state index contributed by atoms with van der Waals surface area (Å²) in [6, 6.07) is 2.94. The molecule has 2 nitrogen and oxygen atoms in total. The Morgan fingerprint density at radius 2 is 2.27 bits per heavy atom. The zero-order valence-corrected chi connectivity index (χ0v) is 10.2. The van der Waals surface area contributed by atoms with Crippen molar-refractivity contribution in [2.75, 3.05) is 26.2 Å². The summed E-state index contributed by atoms with van der Waals surface area (Å²) in [7, 11) is 0. The van der Waals surface area contributed by atoms with E-state index in [9.17, 15) is 0 Å². The Morgan fingerprint density at radius 1 is 1.47 bits per heavy atom. The zero-order chi connectivity index (χ0) is 10.5. The number of nitrogens with zero attached hydrogens (tertiary/aromatic N) is 1. The summed E-state index contributed by atoms with van der Waals surface area (Å²) in [4.78, 5) is 2.63. The molecular formula is C12H20N2S. The Labute approximate surface area is 96.3 Å². The molecule has 1 aliphatic rings. The van der Waals surface area contributed by atoms with Crippen molar-refractivity contribution in [3.8, 4) is 0 Å². The topological polar surface area (TPSA) is 15.3 Å². The van der Waals surface area contributed by atoms with Crippen molar-refractivity contribution in [2.24, 2.45) is 0 Å². The molecule has 3 heteroatoms. The molecule has 0 amide bonds. The van der Waals surface area contributed by atoms with Gasteiger partial charge in [0.2, 0.25) is 0 Å². The number of thiophene rings is 1. The maximum absolute atomic E-state index is 3.42. The van der Waals surface area contributed by atoms with E-state index >= 15 is 0 Å². The predicted molar refractivity (Wildman–Crippen MR) is 66.4 cm³/mol. The highest BCUT2D eigenvalue weighted by molar-refractivity contribution is 7.07. The molecule has 2 heterocycles. The quantitative estimate of drug-likeness (QED) is 0.845. The summed E-state index contributed by atoms with van der Waals surface area (Å²) in [5, 5.41) is 7.92. The van der Waals surface area contributed by atoms with Crippen molar-refractivity contribution in [1.82, 2.24) is 10.2 Å². The van der Waals surface area contributed by atoms with E-state index < -0.39 is 0 Å². The Hall–Kier alpha value is -0.380. The zero-order valence-electron chi connectivity index (χ0n) is 9.41. The Morgan fingerprint density at radius 3 is 2.87 bits per heavy atom. The van der Waals surface area contributed by atoms with Crippen LogP contribution >= 0.6 is 11.3 Å². The first kappa shape index (κ1) is 11.1. The van der Waals surface area contributed by atoms with Gasteiger partial charge in [0, 0.05) is 32.2 Å². The van der Waals surface area contributed by atoms with E-state index in [0.29, 0.717) is 6.04 Å². The lowest BCUT2D eigenvalue weighted by atomic mass is 10.0. The second-order valence-corrected chi connectivity index (χ2v) is 4.93. The smallest absolute Gasteiger partial charge is 0.0357 e. The number of hydrogen-bond donors (Lipinski definition) is 1. The summed E-state index contributed by atoms with van der Waals surface area (Å²) >= 11 is 1.82. The highest BCUT2D eigenvalue weighted by atomic mass is 32.1. The minimum atomic E-state index is 0.656. The maximum atomic E-state index is 3.42. The molecule has 1 atom stereocenters. The predicted octanol–water partition coefficient (Wildman–Crippen LogP) is 2.49. The van der Waals surface area contributed by atoms with E-state index in [2.05, 4.69) is 34.0 Å². The van der Waals surface area contributed by atoms with Gasteiger partial charge in [0.15, 0.2) is 0 Å². The number of rotatable bonds is 4. The molecule has 1 aliphatic heterocycles. The van der Waals surface area contributed by atoms with E-state index in [1.165, 1.54) is 31.5 Å². The first-order valence-electron chi connectivity index (χ1n) is 5.88. The lowest BCUT2D eigenvalue weighted by Gasteiger charge is -2.34. The van der Waals surface area contributed by atoms with Gasteiger partial charge < -0.3 is 5.32 Å². The fraction of sp³-hybridized carbons (Fsp3) is 0.667. The molecule has 0 aromatic carbocycles. The molecule has 0 unspecified atom stereocenters. The molecule has 0 saturated carbocycles. The molecule has 84 valence electrons. The van der Waals surface area contributed by atoms with Crippen LogP contribution in [0.2, 0.25) is 0 Å². The van der Waals surface area contributed by atoms with Crippen molar-refractivity contribution in [2.45, 2.75) is 25.8 Å². The van der Waals surface area contributed by atoms with Crippen LogP contribution in [0.4, 0.5) is 0 Å². The van der Waals surface area contributed by atoms with Crippen LogP contribution in [0, 0.1) is 0 Å². The third-order valence-electron chi connectivity index (χ3n) is 3.08. The fourth-order valence-electron chi connectivity index (χ4n) is 2.29. The van der Waals surface area contributed by atoms with Gasteiger partial charge in [-0.1, -0.05) is 13.3 Å². The van der Waals surface area contributed by atoms with Gasteiger partial charge in [0.05, 0.1) is 0 Å². The Bertz CT molecular complexity index is 265. The van der Waals surface area contributed by atoms with E-state index in [0.717, 1.165) is 13.1 Å². The van der Waals surface area contributed by atoms with Crippen LogP contribution in [0.3, 0.4) is 0 Å². The monoisotopic (exact) mass is 224 g/mol. The molecule has 15 heavy (non-hydrogen) atoms. The molecule has 0 radical (unpaired) electrons. The SMILES string of the molecule is CCC[C@H](c1ccsc1)N1CCNCC1. The van der Waals surface area contributed by atoms with Crippen LogP contribution in [-0.4, -0.2) is 31.1 Å². The Kier molecular flexibility index (Phi) is 4.18. The van der Waals surface area contributed by atoms with Gasteiger partial charge in [-0.2, -0.15) is 11.3 Å². The molecule has 0 aliphatic carbocycles. The van der Waals surface area contributed by atoms with Crippen LogP contribution in [0.25, 0.3) is 0 Å². The molecule has 0 bridgehead atoms. The molecule has 1 saturated heterocycles. The average Bonchev–Trinajstić information content (AvgIpc) is 2.80. The highest BCUT2D eigenvalue weighted by Gasteiger charge is 2.21. The minimum absolute atomic E-state index is 0.656. The van der Waals surface area contributed by atoms with Gasteiger partial charge in [0.1, 0.15) is 0 Å². The molecular weight excluding hydrogens is 204 g/mol. The summed E-state index contributed by atoms with van der Waals surface area (Å²) in [5.74, 6) is 0. The summed E-state index contributed by atoms with van der Waals surface area (Å²) in [6.45, 7) is 6.96. The maximum Gasteiger partial charge on any atom is 0.0357 e. The van der Waals surface area contributed by atoms with Crippen molar-refractivity contribution in [1.29, 1.82) is 0 Å². The highest BCUT2D eigenvalue weighted by Crippen LogP contribution is 2.27. The summed E-state index contributed by atoms with van der Waals surface area (Å²) in [5.41, 5.74) is 1.52. The number of nitrogens with one attached hydrogen (secondary N) is 1.